The lowest BCUT2D eigenvalue weighted by Crippen LogP contribution is -2.18. The van der Waals surface area contributed by atoms with Gasteiger partial charge in [-0.05, 0) is 26.2 Å². The number of anilines is 1. The van der Waals surface area contributed by atoms with Crippen molar-refractivity contribution in [2.24, 2.45) is 0 Å². The minimum Gasteiger partial charge on any atom is -0.353 e. The first-order valence-electron chi connectivity index (χ1n) is 6.81. The lowest BCUT2D eigenvalue weighted by Gasteiger charge is -2.15. The van der Waals surface area contributed by atoms with Gasteiger partial charge in [0.05, 0.1) is 5.69 Å². The minimum atomic E-state index is -4.07. The molecule has 1 heterocycles. The molecule has 0 atom stereocenters. The first-order valence-corrected chi connectivity index (χ1v) is 6.81. The Bertz CT molecular complexity index is 406. The maximum Gasteiger partial charge on any atom is 0.389 e. The lowest BCUT2D eigenvalue weighted by molar-refractivity contribution is -0.135. The van der Waals surface area contributed by atoms with Gasteiger partial charge in [-0.15, -0.1) is 0 Å². The third kappa shape index (κ3) is 4.44. The quantitative estimate of drug-likeness (QED) is 0.883. The number of aryl methyl sites for hydroxylation is 2. The fourth-order valence-corrected chi connectivity index (χ4v) is 2.54. The predicted octanol–water partition coefficient (Wildman–Crippen LogP) is 3.89. The number of imidazole rings is 1. The monoisotopic (exact) mass is 275 g/mol. The van der Waals surface area contributed by atoms with E-state index in [1.165, 1.54) is 12.8 Å². The standard InChI is InChI=1S/C13H20F3N3/c1-10-9-19(8-4-7-13(14,15)16)12(17-10)18-11-5-2-3-6-11/h9,11H,2-8H2,1H3,(H,17,18). The van der Waals surface area contributed by atoms with Crippen LogP contribution in [0.2, 0.25) is 0 Å². The summed E-state index contributed by atoms with van der Waals surface area (Å²) in [6.07, 6.45) is 1.76. The Labute approximate surface area is 111 Å². The van der Waals surface area contributed by atoms with Gasteiger partial charge in [-0.3, -0.25) is 0 Å². The number of alkyl halides is 3. The van der Waals surface area contributed by atoms with Gasteiger partial charge in [0.2, 0.25) is 5.95 Å². The van der Waals surface area contributed by atoms with Crippen molar-refractivity contribution < 1.29 is 13.2 Å². The van der Waals surface area contributed by atoms with E-state index in [0.29, 0.717) is 18.5 Å². The highest BCUT2D eigenvalue weighted by molar-refractivity contribution is 5.30. The zero-order chi connectivity index (χ0) is 13.9. The Morgan fingerprint density at radius 3 is 2.68 bits per heavy atom. The molecule has 2 rings (SSSR count). The Kier molecular flexibility index (Phi) is 4.37. The summed E-state index contributed by atoms with van der Waals surface area (Å²) in [5.74, 6) is 0.714. The number of hydrogen-bond donors (Lipinski definition) is 1. The van der Waals surface area contributed by atoms with Crippen molar-refractivity contribution in [3.8, 4) is 0 Å². The Morgan fingerprint density at radius 1 is 1.37 bits per heavy atom. The van der Waals surface area contributed by atoms with Crippen molar-refractivity contribution in [2.45, 2.75) is 64.2 Å². The molecular formula is C13H20F3N3. The summed E-state index contributed by atoms with van der Waals surface area (Å²) in [4.78, 5) is 4.36. The van der Waals surface area contributed by atoms with Gasteiger partial charge in [-0.25, -0.2) is 4.98 Å². The topological polar surface area (TPSA) is 29.9 Å². The number of hydrogen-bond acceptors (Lipinski definition) is 2. The van der Waals surface area contributed by atoms with Gasteiger partial charge in [0.1, 0.15) is 0 Å². The summed E-state index contributed by atoms with van der Waals surface area (Å²) in [6.45, 7) is 2.22. The zero-order valence-electron chi connectivity index (χ0n) is 11.1. The molecule has 1 aliphatic rings. The third-order valence-electron chi connectivity index (χ3n) is 3.44. The molecule has 1 aromatic rings. The summed E-state index contributed by atoms with van der Waals surface area (Å²) >= 11 is 0. The molecule has 0 spiro atoms. The summed E-state index contributed by atoms with van der Waals surface area (Å²) in [5.41, 5.74) is 0.840. The van der Waals surface area contributed by atoms with Gasteiger partial charge >= 0.3 is 6.18 Å². The van der Waals surface area contributed by atoms with Crippen LogP contribution in [-0.2, 0) is 6.54 Å². The summed E-state index contributed by atoms with van der Waals surface area (Å²) in [5, 5.41) is 3.35. The SMILES string of the molecule is Cc1cn(CCCC(F)(F)F)c(NC2CCCC2)n1. The van der Waals surface area contributed by atoms with Crippen LogP contribution in [-0.4, -0.2) is 21.8 Å². The first kappa shape index (κ1) is 14.2. The Morgan fingerprint density at radius 2 is 2.05 bits per heavy atom. The molecule has 1 aromatic heterocycles. The molecule has 0 aliphatic heterocycles. The number of aromatic nitrogens is 2. The van der Waals surface area contributed by atoms with Gasteiger partial charge in [0, 0.05) is 25.2 Å². The molecule has 0 bridgehead atoms. The van der Waals surface area contributed by atoms with Crippen LogP contribution in [0.5, 0.6) is 0 Å². The van der Waals surface area contributed by atoms with E-state index in [0.717, 1.165) is 18.5 Å². The zero-order valence-corrected chi connectivity index (χ0v) is 11.1. The van der Waals surface area contributed by atoms with Crippen molar-refractivity contribution in [1.29, 1.82) is 0 Å². The van der Waals surface area contributed by atoms with E-state index < -0.39 is 12.6 Å². The van der Waals surface area contributed by atoms with E-state index in [2.05, 4.69) is 10.3 Å². The maximum atomic E-state index is 12.2. The molecule has 0 aromatic carbocycles. The van der Waals surface area contributed by atoms with Crippen molar-refractivity contribution >= 4 is 5.95 Å². The van der Waals surface area contributed by atoms with Crippen molar-refractivity contribution in [3.63, 3.8) is 0 Å². The number of halogens is 3. The van der Waals surface area contributed by atoms with E-state index in [-0.39, 0.29) is 6.42 Å². The van der Waals surface area contributed by atoms with Gasteiger partial charge < -0.3 is 9.88 Å². The fraction of sp³-hybridized carbons (Fsp3) is 0.769. The summed E-state index contributed by atoms with van der Waals surface area (Å²) < 4.78 is 38.3. The molecule has 1 N–H and O–H groups in total. The van der Waals surface area contributed by atoms with E-state index in [9.17, 15) is 13.2 Å². The van der Waals surface area contributed by atoms with E-state index in [1.807, 2.05) is 13.1 Å². The second-order valence-electron chi connectivity index (χ2n) is 5.24. The number of nitrogens with zero attached hydrogens (tertiary/aromatic N) is 2. The second-order valence-corrected chi connectivity index (χ2v) is 5.24. The first-order chi connectivity index (χ1) is 8.94. The van der Waals surface area contributed by atoms with Gasteiger partial charge in [-0.1, -0.05) is 12.8 Å². The van der Waals surface area contributed by atoms with E-state index in [4.69, 9.17) is 0 Å². The highest BCUT2D eigenvalue weighted by atomic mass is 19.4. The Hall–Kier alpha value is -1.20. The average molecular weight is 275 g/mol. The van der Waals surface area contributed by atoms with Crippen LogP contribution in [0.1, 0.15) is 44.2 Å². The molecule has 0 radical (unpaired) electrons. The molecule has 0 unspecified atom stereocenters. The third-order valence-corrected chi connectivity index (χ3v) is 3.44. The van der Waals surface area contributed by atoms with Crippen LogP contribution in [0, 0.1) is 6.92 Å². The molecular weight excluding hydrogens is 255 g/mol. The predicted molar refractivity (Wildman–Crippen MR) is 68.1 cm³/mol. The van der Waals surface area contributed by atoms with Crippen LogP contribution in [0.4, 0.5) is 19.1 Å². The highest BCUT2D eigenvalue weighted by Crippen LogP contribution is 2.24. The van der Waals surface area contributed by atoms with Crippen LogP contribution in [0.3, 0.4) is 0 Å². The number of rotatable bonds is 5. The molecule has 6 heteroatoms. The molecule has 108 valence electrons. The molecule has 3 nitrogen and oxygen atoms in total. The van der Waals surface area contributed by atoms with Gasteiger partial charge in [-0.2, -0.15) is 13.2 Å². The van der Waals surface area contributed by atoms with Gasteiger partial charge in [0.15, 0.2) is 0 Å². The highest BCUT2D eigenvalue weighted by Gasteiger charge is 2.26. The van der Waals surface area contributed by atoms with Crippen molar-refractivity contribution in [2.75, 3.05) is 5.32 Å². The minimum absolute atomic E-state index is 0.0959. The van der Waals surface area contributed by atoms with Crippen molar-refractivity contribution in [1.82, 2.24) is 9.55 Å². The molecule has 1 aliphatic carbocycles. The van der Waals surface area contributed by atoms with Crippen LogP contribution < -0.4 is 5.32 Å². The van der Waals surface area contributed by atoms with Crippen molar-refractivity contribution in [3.05, 3.63) is 11.9 Å². The molecule has 0 amide bonds. The normalized spacial score (nSPS) is 17.1. The average Bonchev–Trinajstić information content (AvgIpc) is 2.88. The lowest BCUT2D eigenvalue weighted by atomic mass is 10.2. The molecule has 0 saturated heterocycles. The summed E-state index contributed by atoms with van der Waals surface area (Å²) in [7, 11) is 0. The maximum absolute atomic E-state index is 12.2. The van der Waals surface area contributed by atoms with Crippen LogP contribution in [0.25, 0.3) is 0 Å². The molecule has 1 fully saturated rings. The molecule has 19 heavy (non-hydrogen) atoms. The summed E-state index contributed by atoms with van der Waals surface area (Å²) in [6, 6.07) is 0.420. The smallest absolute Gasteiger partial charge is 0.353 e. The van der Waals surface area contributed by atoms with E-state index in [1.54, 1.807) is 4.57 Å². The number of nitrogens with one attached hydrogen (secondary N) is 1. The molecule has 1 saturated carbocycles. The second kappa shape index (κ2) is 5.84. The largest absolute Gasteiger partial charge is 0.389 e. The van der Waals surface area contributed by atoms with Crippen LogP contribution in [0.15, 0.2) is 6.20 Å². The van der Waals surface area contributed by atoms with Gasteiger partial charge in [0.25, 0.3) is 0 Å². The van der Waals surface area contributed by atoms with Crippen LogP contribution >= 0.6 is 0 Å². The fourth-order valence-electron chi connectivity index (χ4n) is 2.54. The Balaban J connectivity index is 1.91. The van der Waals surface area contributed by atoms with E-state index >= 15 is 0 Å².